The first-order valence-electron chi connectivity index (χ1n) is 7.91. The van der Waals surface area contributed by atoms with Crippen molar-refractivity contribution in [3.63, 3.8) is 0 Å². The minimum absolute atomic E-state index is 0.140. The van der Waals surface area contributed by atoms with Crippen LogP contribution in [0.25, 0.3) is 0 Å². The monoisotopic (exact) mass is 387 g/mol. The molecule has 1 heterocycles. The van der Waals surface area contributed by atoms with Crippen LogP contribution in [0.4, 0.5) is 4.39 Å². The summed E-state index contributed by atoms with van der Waals surface area (Å²) in [6.07, 6.45) is 0.395. The van der Waals surface area contributed by atoms with Crippen LogP contribution >= 0.6 is 23.4 Å². The Morgan fingerprint density at radius 1 is 1.08 bits per heavy atom. The van der Waals surface area contributed by atoms with Gasteiger partial charge in [0, 0.05) is 11.4 Å². The van der Waals surface area contributed by atoms with E-state index < -0.39 is 0 Å². The van der Waals surface area contributed by atoms with E-state index in [2.05, 4.69) is 15.5 Å². The van der Waals surface area contributed by atoms with Gasteiger partial charge in [0.05, 0.1) is 5.56 Å². The van der Waals surface area contributed by atoms with Crippen LogP contribution in [-0.2, 0) is 6.42 Å². The van der Waals surface area contributed by atoms with Gasteiger partial charge in [0.1, 0.15) is 10.8 Å². The van der Waals surface area contributed by atoms with Crippen molar-refractivity contribution in [2.45, 2.75) is 16.3 Å². The molecule has 0 unspecified atom stereocenters. The first kappa shape index (κ1) is 18.4. The highest BCUT2D eigenvalue weighted by molar-refractivity contribution is 7.99. The summed E-state index contributed by atoms with van der Waals surface area (Å²) >= 11 is 7.23. The number of aromatic nitrogens is 2. The van der Waals surface area contributed by atoms with Gasteiger partial charge in [-0.1, -0.05) is 59.8 Å². The Bertz CT molecular complexity index is 908. The number of nitrogens with zero attached hydrogens (tertiary/aromatic N) is 2. The summed E-state index contributed by atoms with van der Waals surface area (Å²) in [6, 6.07) is 17.5. The minimum Gasteiger partial charge on any atom is -0.352 e. The Morgan fingerprint density at radius 3 is 2.58 bits per heavy atom. The number of nitrogens with one attached hydrogen (secondary N) is 1. The van der Waals surface area contributed by atoms with Gasteiger partial charge in [0.25, 0.3) is 5.91 Å². The van der Waals surface area contributed by atoms with Crippen molar-refractivity contribution in [3.05, 3.63) is 82.8 Å². The number of hydrogen-bond acceptors (Lipinski definition) is 4. The highest BCUT2D eigenvalue weighted by atomic mass is 35.5. The predicted octanol–water partition coefficient (Wildman–Crippen LogP) is 4.39. The number of amides is 1. The highest BCUT2D eigenvalue weighted by Gasteiger charge is 2.16. The van der Waals surface area contributed by atoms with Crippen molar-refractivity contribution in [2.24, 2.45) is 0 Å². The summed E-state index contributed by atoms with van der Waals surface area (Å²) in [6.45, 7) is 0.301. The van der Waals surface area contributed by atoms with E-state index in [1.165, 1.54) is 23.9 Å². The van der Waals surface area contributed by atoms with E-state index in [0.29, 0.717) is 29.1 Å². The van der Waals surface area contributed by atoms with Crippen LogP contribution < -0.4 is 5.32 Å². The van der Waals surface area contributed by atoms with Crippen LogP contribution in [0.3, 0.4) is 0 Å². The number of carbonyl (C=O) groups is 1. The lowest BCUT2D eigenvalue weighted by Crippen LogP contribution is -2.26. The average Bonchev–Trinajstić information content (AvgIpc) is 2.65. The highest BCUT2D eigenvalue weighted by Crippen LogP contribution is 2.29. The topological polar surface area (TPSA) is 54.9 Å². The fraction of sp³-hybridized carbons (Fsp3) is 0.105. The quantitative estimate of drug-likeness (QED) is 0.681. The van der Waals surface area contributed by atoms with Crippen molar-refractivity contribution in [3.8, 4) is 0 Å². The van der Waals surface area contributed by atoms with Crippen molar-refractivity contribution < 1.29 is 9.18 Å². The summed E-state index contributed by atoms with van der Waals surface area (Å²) in [4.78, 5) is 13.5. The summed E-state index contributed by atoms with van der Waals surface area (Å²) in [5, 5.41) is 11.2. The molecule has 0 fully saturated rings. The Balaban J connectivity index is 1.70. The minimum atomic E-state index is -0.323. The Kier molecular flexibility index (Phi) is 6.20. The molecule has 1 N–H and O–H groups in total. The first-order valence-corrected chi connectivity index (χ1v) is 9.10. The largest absolute Gasteiger partial charge is 0.352 e. The number of hydrogen-bond donors (Lipinski definition) is 1. The molecule has 0 atom stereocenters. The zero-order valence-electron chi connectivity index (χ0n) is 13.7. The predicted molar refractivity (Wildman–Crippen MR) is 100 cm³/mol. The van der Waals surface area contributed by atoms with E-state index in [4.69, 9.17) is 11.6 Å². The second-order valence-electron chi connectivity index (χ2n) is 5.40. The van der Waals surface area contributed by atoms with E-state index in [-0.39, 0.29) is 16.9 Å². The third-order valence-electron chi connectivity index (χ3n) is 3.57. The summed E-state index contributed by atoms with van der Waals surface area (Å²) < 4.78 is 13.6. The molecular formula is C19H15ClFN3OS. The van der Waals surface area contributed by atoms with Crippen LogP contribution in [0.15, 0.2) is 70.6 Å². The van der Waals surface area contributed by atoms with Gasteiger partial charge >= 0.3 is 0 Å². The van der Waals surface area contributed by atoms with E-state index in [9.17, 15) is 9.18 Å². The van der Waals surface area contributed by atoms with Crippen molar-refractivity contribution in [1.29, 1.82) is 0 Å². The van der Waals surface area contributed by atoms with Gasteiger partial charge in [-0.3, -0.25) is 4.79 Å². The third kappa shape index (κ3) is 4.80. The fourth-order valence-electron chi connectivity index (χ4n) is 2.30. The normalized spacial score (nSPS) is 10.5. The Morgan fingerprint density at radius 2 is 1.81 bits per heavy atom. The van der Waals surface area contributed by atoms with E-state index in [0.717, 1.165) is 4.90 Å². The van der Waals surface area contributed by atoms with Gasteiger partial charge in [-0.25, -0.2) is 4.39 Å². The molecule has 132 valence electrons. The molecular weight excluding hydrogens is 373 g/mol. The molecule has 0 saturated heterocycles. The second kappa shape index (κ2) is 8.78. The summed E-state index contributed by atoms with van der Waals surface area (Å²) in [7, 11) is 0. The van der Waals surface area contributed by atoms with Crippen LogP contribution in [0, 0.1) is 5.82 Å². The zero-order chi connectivity index (χ0) is 18.4. The number of halogens is 2. The van der Waals surface area contributed by atoms with Gasteiger partial charge in [-0.2, -0.15) is 0 Å². The molecule has 0 aliphatic heterocycles. The summed E-state index contributed by atoms with van der Waals surface area (Å²) in [5.74, 6) is -0.604. The fourth-order valence-corrected chi connectivity index (χ4v) is 3.31. The summed E-state index contributed by atoms with van der Waals surface area (Å²) in [5.41, 5.74) is 0.893. The lowest BCUT2D eigenvalue weighted by molar-refractivity contribution is 0.0950. The molecule has 1 aromatic heterocycles. The van der Waals surface area contributed by atoms with Gasteiger partial charge in [0.15, 0.2) is 5.15 Å². The maximum atomic E-state index is 13.6. The molecule has 3 aromatic rings. The number of rotatable bonds is 6. The lowest BCUT2D eigenvalue weighted by Gasteiger charge is -2.09. The van der Waals surface area contributed by atoms with Crippen molar-refractivity contribution in [1.82, 2.24) is 15.5 Å². The van der Waals surface area contributed by atoms with Gasteiger partial charge < -0.3 is 5.32 Å². The average molecular weight is 388 g/mol. The molecule has 0 bridgehead atoms. The molecule has 0 aliphatic carbocycles. The maximum absolute atomic E-state index is 13.6. The molecule has 1 amide bonds. The third-order valence-corrected chi connectivity index (χ3v) is 4.76. The molecule has 0 spiro atoms. The Hall–Kier alpha value is -2.44. The van der Waals surface area contributed by atoms with E-state index in [1.807, 2.05) is 30.3 Å². The van der Waals surface area contributed by atoms with Gasteiger partial charge in [-0.15, -0.1) is 10.2 Å². The van der Waals surface area contributed by atoms with Gasteiger partial charge in [0.2, 0.25) is 0 Å². The van der Waals surface area contributed by atoms with Crippen LogP contribution in [-0.4, -0.2) is 22.6 Å². The molecule has 0 radical (unpaired) electrons. The molecule has 4 nitrogen and oxygen atoms in total. The maximum Gasteiger partial charge on any atom is 0.254 e. The molecule has 26 heavy (non-hydrogen) atoms. The molecule has 2 aromatic carbocycles. The molecule has 7 heteroatoms. The second-order valence-corrected chi connectivity index (χ2v) is 6.85. The van der Waals surface area contributed by atoms with E-state index >= 15 is 0 Å². The van der Waals surface area contributed by atoms with Crippen molar-refractivity contribution in [2.75, 3.05) is 6.54 Å². The molecule has 0 aliphatic rings. The molecule has 0 saturated carbocycles. The molecule has 3 rings (SSSR count). The standard InChI is InChI=1S/C19H15ClFN3OS/c20-17-12-15(19(24-23-17)26-14-7-2-1-3-8-14)18(25)22-11-10-13-6-4-5-9-16(13)21/h1-9,12H,10-11H2,(H,22,25). The van der Waals surface area contributed by atoms with Crippen molar-refractivity contribution >= 4 is 29.3 Å². The first-order chi connectivity index (χ1) is 12.6. The van der Waals surface area contributed by atoms with Crippen LogP contribution in [0.2, 0.25) is 5.15 Å². The number of carbonyl (C=O) groups excluding carboxylic acids is 1. The lowest BCUT2D eigenvalue weighted by atomic mass is 10.1. The van der Waals surface area contributed by atoms with E-state index in [1.54, 1.807) is 18.2 Å². The smallest absolute Gasteiger partial charge is 0.254 e. The Labute approximate surface area is 159 Å². The van der Waals surface area contributed by atoms with Crippen LogP contribution in [0.5, 0.6) is 0 Å². The SMILES string of the molecule is O=C(NCCc1ccccc1F)c1cc(Cl)nnc1Sc1ccccc1. The van der Waals surface area contributed by atoms with Crippen LogP contribution in [0.1, 0.15) is 15.9 Å². The zero-order valence-corrected chi connectivity index (χ0v) is 15.2. The van der Waals surface area contributed by atoms with Gasteiger partial charge in [-0.05, 0) is 36.2 Å². The number of benzene rings is 2.